The Morgan fingerprint density at radius 1 is 1.18 bits per heavy atom. The average molecular weight is 471 g/mol. The van der Waals surface area contributed by atoms with Crippen LogP contribution in [0.15, 0.2) is 46.3 Å². The second-order valence-corrected chi connectivity index (χ2v) is 9.43. The Morgan fingerprint density at radius 2 is 2.03 bits per heavy atom. The number of aryl methyl sites for hydroxylation is 3. The standard InChI is InChI=1S/C25H22N6O2S/c1-13-10-17(15(3)33-13)20-12-34-25(28-20)29-24(32)18-11-19(16-7-8-16)27-23-22(18)14(2)30-31(23)21-6-4-5-9-26-21/h4-6,9-12,16H,7-8H2,1-3H3,(H,28,29,32). The van der Waals surface area contributed by atoms with E-state index in [2.05, 4.69) is 20.4 Å². The lowest BCUT2D eigenvalue weighted by Crippen LogP contribution is -2.13. The number of anilines is 1. The quantitative estimate of drug-likeness (QED) is 0.360. The molecule has 5 heterocycles. The minimum Gasteiger partial charge on any atom is -0.466 e. The molecule has 0 unspecified atom stereocenters. The molecule has 0 aliphatic heterocycles. The normalized spacial score (nSPS) is 13.5. The van der Waals surface area contributed by atoms with Gasteiger partial charge in [0.15, 0.2) is 16.6 Å². The van der Waals surface area contributed by atoms with Gasteiger partial charge in [-0.2, -0.15) is 9.78 Å². The van der Waals surface area contributed by atoms with Gasteiger partial charge in [0.2, 0.25) is 0 Å². The summed E-state index contributed by atoms with van der Waals surface area (Å²) in [6, 6.07) is 9.52. The van der Waals surface area contributed by atoms with E-state index in [-0.39, 0.29) is 5.91 Å². The maximum Gasteiger partial charge on any atom is 0.258 e. The van der Waals surface area contributed by atoms with Gasteiger partial charge < -0.3 is 4.42 Å². The van der Waals surface area contributed by atoms with Crippen molar-refractivity contribution in [3.05, 3.63) is 70.4 Å². The number of fused-ring (bicyclic) bond motifs is 1. The van der Waals surface area contributed by atoms with Gasteiger partial charge in [0.25, 0.3) is 5.91 Å². The van der Waals surface area contributed by atoms with Crippen molar-refractivity contribution in [2.75, 3.05) is 5.32 Å². The molecule has 1 saturated carbocycles. The summed E-state index contributed by atoms with van der Waals surface area (Å²) in [7, 11) is 0. The zero-order valence-corrected chi connectivity index (χ0v) is 19.8. The molecule has 0 atom stereocenters. The Hall–Kier alpha value is -3.85. The van der Waals surface area contributed by atoms with E-state index >= 15 is 0 Å². The van der Waals surface area contributed by atoms with Gasteiger partial charge in [-0.25, -0.2) is 15.0 Å². The SMILES string of the molecule is Cc1cc(-c2csc(NC(=O)c3cc(C4CC4)nc4c3c(C)nn4-c3ccccn3)n2)c(C)o1. The third-order valence-corrected chi connectivity index (χ3v) is 6.74. The predicted octanol–water partition coefficient (Wildman–Crippen LogP) is 5.59. The predicted molar refractivity (Wildman–Crippen MR) is 131 cm³/mol. The maximum atomic E-state index is 13.5. The van der Waals surface area contributed by atoms with Crippen LogP contribution in [0.25, 0.3) is 28.1 Å². The number of nitrogens with one attached hydrogen (secondary N) is 1. The molecule has 0 aromatic carbocycles. The van der Waals surface area contributed by atoms with Gasteiger partial charge >= 0.3 is 0 Å². The Labute approximate surface area is 199 Å². The second-order valence-electron chi connectivity index (χ2n) is 8.57. The molecule has 1 fully saturated rings. The molecular formula is C25H22N6O2S. The number of carbonyl (C=O) groups excluding carboxylic acids is 1. The highest BCUT2D eigenvalue weighted by Gasteiger charge is 2.29. The summed E-state index contributed by atoms with van der Waals surface area (Å²) in [6.45, 7) is 5.71. The van der Waals surface area contributed by atoms with Crippen LogP contribution in [-0.2, 0) is 0 Å². The smallest absolute Gasteiger partial charge is 0.258 e. The van der Waals surface area contributed by atoms with Crippen molar-refractivity contribution >= 4 is 33.4 Å². The highest BCUT2D eigenvalue weighted by Crippen LogP contribution is 2.41. The number of furan rings is 1. The molecule has 170 valence electrons. The van der Waals surface area contributed by atoms with Crippen molar-refractivity contribution in [1.29, 1.82) is 0 Å². The number of pyridine rings is 2. The first-order valence-corrected chi connectivity index (χ1v) is 12.0. The molecule has 1 N–H and O–H groups in total. The molecule has 9 heteroatoms. The molecule has 34 heavy (non-hydrogen) atoms. The Bertz CT molecular complexity index is 1540. The fourth-order valence-corrected chi connectivity index (χ4v) is 4.92. The number of carbonyl (C=O) groups is 1. The molecule has 1 aliphatic carbocycles. The fourth-order valence-electron chi connectivity index (χ4n) is 4.22. The van der Waals surface area contributed by atoms with Crippen molar-refractivity contribution in [3.8, 4) is 17.1 Å². The van der Waals surface area contributed by atoms with Crippen LogP contribution in [0.4, 0.5) is 5.13 Å². The summed E-state index contributed by atoms with van der Waals surface area (Å²) >= 11 is 1.39. The number of aromatic nitrogens is 5. The van der Waals surface area contributed by atoms with Crippen LogP contribution >= 0.6 is 11.3 Å². The second kappa shape index (κ2) is 7.88. The highest BCUT2D eigenvalue weighted by molar-refractivity contribution is 7.14. The summed E-state index contributed by atoms with van der Waals surface area (Å²) in [5.74, 6) is 2.46. The van der Waals surface area contributed by atoms with Crippen molar-refractivity contribution in [3.63, 3.8) is 0 Å². The fraction of sp³-hybridized carbons (Fsp3) is 0.240. The van der Waals surface area contributed by atoms with Crippen LogP contribution in [0.5, 0.6) is 0 Å². The van der Waals surface area contributed by atoms with Crippen LogP contribution in [0, 0.1) is 20.8 Å². The minimum atomic E-state index is -0.223. The largest absolute Gasteiger partial charge is 0.466 e. The lowest BCUT2D eigenvalue weighted by molar-refractivity contribution is 0.102. The summed E-state index contributed by atoms with van der Waals surface area (Å²) in [5, 5.41) is 10.8. The molecule has 8 nitrogen and oxygen atoms in total. The van der Waals surface area contributed by atoms with Crippen molar-refractivity contribution in [1.82, 2.24) is 24.7 Å². The Balaban J connectivity index is 1.40. The van der Waals surface area contributed by atoms with Gasteiger partial charge in [-0.05, 0) is 57.9 Å². The van der Waals surface area contributed by atoms with Crippen LogP contribution < -0.4 is 5.32 Å². The number of amides is 1. The monoisotopic (exact) mass is 470 g/mol. The first kappa shape index (κ1) is 20.7. The van der Waals surface area contributed by atoms with Crippen LogP contribution in [0.1, 0.15) is 52.0 Å². The third-order valence-electron chi connectivity index (χ3n) is 5.98. The van der Waals surface area contributed by atoms with Crippen molar-refractivity contribution in [2.45, 2.75) is 39.5 Å². The third kappa shape index (κ3) is 3.58. The first-order valence-electron chi connectivity index (χ1n) is 11.1. The summed E-state index contributed by atoms with van der Waals surface area (Å²) in [5.41, 5.74) is 4.56. The molecule has 1 aliphatic rings. The van der Waals surface area contributed by atoms with Gasteiger partial charge in [0.1, 0.15) is 11.5 Å². The number of thiazole rings is 1. The van der Waals surface area contributed by atoms with Crippen LogP contribution in [-0.4, -0.2) is 30.6 Å². The molecule has 5 aromatic heterocycles. The van der Waals surface area contributed by atoms with Gasteiger partial charge in [0.05, 0.1) is 22.3 Å². The van der Waals surface area contributed by atoms with Gasteiger partial charge in [-0.15, -0.1) is 11.3 Å². The zero-order valence-electron chi connectivity index (χ0n) is 19.0. The van der Waals surface area contributed by atoms with E-state index in [9.17, 15) is 4.79 Å². The molecule has 0 saturated heterocycles. The summed E-state index contributed by atoms with van der Waals surface area (Å²) < 4.78 is 7.35. The Kier molecular flexibility index (Phi) is 4.80. The zero-order chi connectivity index (χ0) is 23.4. The van der Waals surface area contributed by atoms with E-state index in [1.54, 1.807) is 10.9 Å². The topological polar surface area (TPSA) is 98.7 Å². The number of hydrogen-bond acceptors (Lipinski definition) is 7. The van der Waals surface area contributed by atoms with Crippen LogP contribution in [0.3, 0.4) is 0 Å². The molecule has 5 aromatic rings. The van der Waals surface area contributed by atoms with Crippen molar-refractivity contribution in [2.24, 2.45) is 0 Å². The molecule has 1 amide bonds. The molecule has 0 spiro atoms. The maximum absolute atomic E-state index is 13.5. The summed E-state index contributed by atoms with van der Waals surface area (Å²) in [6.07, 6.45) is 3.88. The van der Waals surface area contributed by atoms with Crippen LogP contribution in [0.2, 0.25) is 0 Å². The number of nitrogens with zero attached hydrogens (tertiary/aromatic N) is 5. The van der Waals surface area contributed by atoms with E-state index in [0.717, 1.165) is 52.4 Å². The lowest BCUT2D eigenvalue weighted by Gasteiger charge is -2.08. The average Bonchev–Trinajstić information content (AvgIpc) is 3.37. The van der Waals surface area contributed by atoms with E-state index in [0.29, 0.717) is 28.1 Å². The van der Waals surface area contributed by atoms with E-state index in [1.165, 1.54) is 11.3 Å². The van der Waals surface area contributed by atoms with Gasteiger partial charge in [-0.3, -0.25) is 10.1 Å². The molecule has 6 rings (SSSR count). The van der Waals surface area contributed by atoms with E-state index in [1.807, 2.05) is 56.5 Å². The Morgan fingerprint density at radius 3 is 2.74 bits per heavy atom. The van der Waals surface area contributed by atoms with E-state index < -0.39 is 0 Å². The van der Waals surface area contributed by atoms with E-state index in [4.69, 9.17) is 9.40 Å². The first-order chi connectivity index (χ1) is 16.5. The minimum absolute atomic E-state index is 0.223. The van der Waals surface area contributed by atoms with Gasteiger partial charge in [-0.1, -0.05) is 6.07 Å². The van der Waals surface area contributed by atoms with Gasteiger partial charge in [0, 0.05) is 28.8 Å². The van der Waals surface area contributed by atoms with Crippen molar-refractivity contribution < 1.29 is 9.21 Å². The molecule has 0 bridgehead atoms. The molecular weight excluding hydrogens is 448 g/mol. The highest BCUT2D eigenvalue weighted by atomic mass is 32.1. The number of rotatable bonds is 5. The molecule has 0 radical (unpaired) electrons. The lowest BCUT2D eigenvalue weighted by atomic mass is 10.1. The summed E-state index contributed by atoms with van der Waals surface area (Å²) in [4.78, 5) is 27.4. The number of hydrogen-bond donors (Lipinski definition) is 1.